The zero-order valence-corrected chi connectivity index (χ0v) is 16.9. The molecular weight excluding hydrogens is 364 g/mol. The predicted molar refractivity (Wildman–Crippen MR) is 111 cm³/mol. The molecule has 29 heavy (non-hydrogen) atoms. The van der Waals surface area contributed by atoms with E-state index in [0.29, 0.717) is 29.9 Å². The first-order valence-corrected chi connectivity index (χ1v) is 10.7. The maximum Gasteiger partial charge on any atom is 0.229 e. The van der Waals surface area contributed by atoms with Crippen LogP contribution < -0.4 is 10.2 Å². The molecule has 8 heteroatoms. The van der Waals surface area contributed by atoms with Crippen LogP contribution in [0.3, 0.4) is 0 Å². The smallest absolute Gasteiger partial charge is 0.229 e. The molecule has 2 saturated heterocycles. The molecule has 1 N–H and O–H groups in total. The molecule has 4 atom stereocenters. The summed E-state index contributed by atoms with van der Waals surface area (Å²) in [4.78, 5) is 14.3. The third kappa shape index (κ3) is 3.92. The Bertz CT molecular complexity index is 888. The minimum atomic E-state index is 0.322. The van der Waals surface area contributed by atoms with Gasteiger partial charge in [-0.05, 0) is 44.2 Å². The van der Waals surface area contributed by atoms with Gasteiger partial charge < -0.3 is 10.2 Å². The molecule has 0 radical (unpaired) electrons. The number of anilines is 3. The molecule has 2 aromatic rings. The van der Waals surface area contributed by atoms with Crippen LogP contribution in [0.2, 0.25) is 0 Å². The fourth-order valence-corrected chi connectivity index (χ4v) is 4.99. The molecule has 2 bridgehead atoms. The van der Waals surface area contributed by atoms with Crippen LogP contribution in [0.5, 0.6) is 0 Å². The zero-order chi connectivity index (χ0) is 19.8. The van der Waals surface area contributed by atoms with E-state index in [0.717, 1.165) is 37.6 Å². The van der Waals surface area contributed by atoms with Gasteiger partial charge in [0.25, 0.3) is 0 Å². The van der Waals surface area contributed by atoms with Gasteiger partial charge in [0, 0.05) is 50.5 Å². The third-order valence-corrected chi connectivity index (χ3v) is 6.65. The summed E-state index contributed by atoms with van der Waals surface area (Å²) in [5, 5.41) is 16.5. The molecule has 3 fully saturated rings. The first-order valence-electron chi connectivity index (χ1n) is 10.7. The summed E-state index contributed by atoms with van der Waals surface area (Å²) in [6.07, 6.45) is 11.6. The van der Waals surface area contributed by atoms with E-state index >= 15 is 0 Å². The summed E-state index contributed by atoms with van der Waals surface area (Å²) in [5.74, 6) is 2.57. The molecule has 2 aliphatic heterocycles. The lowest BCUT2D eigenvalue weighted by Crippen LogP contribution is -2.61. The van der Waals surface area contributed by atoms with Gasteiger partial charge in [-0.25, -0.2) is 4.98 Å². The number of nitrogens with zero attached hydrogens (tertiary/aromatic N) is 7. The molecule has 2 aromatic heterocycles. The van der Waals surface area contributed by atoms with Crippen molar-refractivity contribution in [3.63, 3.8) is 0 Å². The van der Waals surface area contributed by atoms with Crippen molar-refractivity contribution < 1.29 is 0 Å². The van der Waals surface area contributed by atoms with Gasteiger partial charge in [-0.15, -0.1) is 0 Å². The average molecular weight is 393 g/mol. The van der Waals surface area contributed by atoms with Crippen molar-refractivity contribution in [1.82, 2.24) is 24.6 Å². The van der Waals surface area contributed by atoms with Gasteiger partial charge in [0.1, 0.15) is 5.82 Å². The Morgan fingerprint density at radius 3 is 2.79 bits per heavy atom. The van der Waals surface area contributed by atoms with Crippen LogP contribution >= 0.6 is 0 Å². The number of rotatable bonds is 6. The maximum absolute atomic E-state index is 9.06. The fourth-order valence-electron chi connectivity index (χ4n) is 4.99. The van der Waals surface area contributed by atoms with Gasteiger partial charge in [-0.1, -0.05) is 6.42 Å². The van der Waals surface area contributed by atoms with E-state index in [1.807, 2.05) is 25.5 Å². The van der Waals surface area contributed by atoms with E-state index in [9.17, 15) is 0 Å². The second-order valence-electron chi connectivity index (χ2n) is 8.67. The van der Waals surface area contributed by atoms with Gasteiger partial charge in [-0.2, -0.15) is 15.3 Å². The van der Waals surface area contributed by atoms with Crippen LogP contribution in [0.25, 0.3) is 0 Å². The Kier molecular flexibility index (Phi) is 4.84. The highest BCUT2D eigenvalue weighted by molar-refractivity contribution is 5.53. The second-order valence-corrected chi connectivity index (χ2v) is 8.67. The lowest BCUT2D eigenvalue weighted by molar-refractivity contribution is 0.0627. The van der Waals surface area contributed by atoms with Crippen molar-refractivity contribution in [1.29, 1.82) is 5.26 Å². The van der Waals surface area contributed by atoms with Crippen LogP contribution in [0.4, 0.5) is 17.5 Å². The molecule has 1 aliphatic carbocycles. The van der Waals surface area contributed by atoms with Gasteiger partial charge in [0.15, 0.2) is 0 Å². The van der Waals surface area contributed by atoms with E-state index < -0.39 is 0 Å². The van der Waals surface area contributed by atoms with Crippen LogP contribution in [-0.2, 0) is 7.05 Å². The van der Waals surface area contributed by atoms with Gasteiger partial charge in [0.05, 0.1) is 18.0 Å². The molecule has 8 nitrogen and oxygen atoms in total. The molecule has 0 aromatic carbocycles. The van der Waals surface area contributed by atoms with Gasteiger partial charge >= 0.3 is 0 Å². The Hall–Kier alpha value is -2.66. The number of hydrogen-bond acceptors (Lipinski definition) is 7. The van der Waals surface area contributed by atoms with E-state index in [2.05, 4.69) is 31.3 Å². The summed E-state index contributed by atoms with van der Waals surface area (Å²) in [5.41, 5.74) is 0.891. The Labute approximate surface area is 171 Å². The topological polar surface area (TPSA) is 85.9 Å². The number of fused-ring (bicyclic) bond motifs is 2. The highest BCUT2D eigenvalue weighted by Crippen LogP contribution is 2.41. The Balaban J connectivity index is 1.25. The number of nitriles is 1. The SMILES string of the molecule is Cn1cc(Nc2nccc(N3C[C@H]4CCC[C@@H](C3)N4CCC3C[C@H]3C#N)n2)cn1. The van der Waals surface area contributed by atoms with Crippen LogP contribution in [0.15, 0.2) is 24.7 Å². The Morgan fingerprint density at radius 1 is 1.28 bits per heavy atom. The molecule has 1 saturated carbocycles. The van der Waals surface area contributed by atoms with Crippen LogP contribution in [0.1, 0.15) is 32.1 Å². The van der Waals surface area contributed by atoms with Crippen molar-refractivity contribution in [3.05, 3.63) is 24.7 Å². The predicted octanol–water partition coefficient (Wildman–Crippen LogP) is 2.55. The summed E-state index contributed by atoms with van der Waals surface area (Å²) in [6.45, 7) is 3.18. The standard InChI is InChI=1S/C21H28N8/c1-27-12-17(11-24-27)25-21-23-7-5-20(26-21)28-13-18-3-2-4-19(14-28)29(18)8-6-15-9-16(15)10-22/h5,7,11-12,15-16,18-19H,2-4,6,8-9,13-14H2,1H3,(H,23,25,26)/t15?,16-,18-,19+/m0/s1. The number of nitrogens with one attached hydrogen (secondary N) is 1. The molecule has 0 spiro atoms. The van der Waals surface area contributed by atoms with Gasteiger partial charge in [0.2, 0.25) is 5.95 Å². The zero-order valence-electron chi connectivity index (χ0n) is 16.9. The lowest BCUT2D eigenvalue weighted by atomic mass is 9.90. The van der Waals surface area contributed by atoms with Crippen molar-refractivity contribution in [2.45, 2.75) is 44.2 Å². The Morgan fingerprint density at radius 2 is 2.10 bits per heavy atom. The quantitative estimate of drug-likeness (QED) is 0.808. The molecule has 5 rings (SSSR count). The molecular formula is C21H28N8. The first kappa shape index (κ1) is 18.4. The van der Waals surface area contributed by atoms with Crippen LogP contribution in [0, 0.1) is 23.2 Å². The van der Waals surface area contributed by atoms with E-state index in [4.69, 9.17) is 10.2 Å². The normalized spacial score (nSPS) is 28.8. The highest BCUT2D eigenvalue weighted by atomic mass is 15.3. The molecule has 0 amide bonds. The minimum Gasteiger partial charge on any atom is -0.353 e. The lowest BCUT2D eigenvalue weighted by Gasteiger charge is -2.50. The van der Waals surface area contributed by atoms with Crippen molar-refractivity contribution >= 4 is 17.5 Å². The summed E-state index contributed by atoms with van der Waals surface area (Å²) in [7, 11) is 1.89. The number of piperidine rings is 1. The number of hydrogen-bond donors (Lipinski definition) is 1. The van der Waals surface area contributed by atoms with E-state index in [1.165, 1.54) is 25.7 Å². The molecule has 1 unspecified atom stereocenters. The number of aryl methyl sites for hydroxylation is 1. The summed E-state index contributed by atoms with van der Waals surface area (Å²) >= 11 is 0. The summed E-state index contributed by atoms with van der Waals surface area (Å²) < 4.78 is 1.76. The van der Waals surface area contributed by atoms with E-state index in [1.54, 1.807) is 10.9 Å². The summed E-state index contributed by atoms with van der Waals surface area (Å²) in [6, 6.07) is 5.62. The fraction of sp³-hybridized carbons (Fsp3) is 0.619. The van der Waals surface area contributed by atoms with Gasteiger partial charge in [-0.3, -0.25) is 9.58 Å². The van der Waals surface area contributed by atoms with Crippen LogP contribution in [-0.4, -0.2) is 56.4 Å². The van der Waals surface area contributed by atoms with Crippen molar-refractivity contribution in [3.8, 4) is 6.07 Å². The third-order valence-electron chi connectivity index (χ3n) is 6.65. The molecule has 3 aliphatic rings. The second kappa shape index (κ2) is 7.64. The minimum absolute atomic E-state index is 0.322. The average Bonchev–Trinajstić information content (AvgIpc) is 3.37. The maximum atomic E-state index is 9.06. The molecule has 4 heterocycles. The highest BCUT2D eigenvalue weighted by Gasteiger charge is 2.41. The first-order chi connectivity index (χ1) is 14.2. The molecule has 152 valence electrons. The van der Waals surface area contributed by atoms with E-state index in [-0.39, 0.29) is 0 Å². The monoisotopic (exact) mass is 392 g/mol. The number of aromatic nitrogens is 4. The largest absolute Gasteiger partial charge is 0.353 e. The van der Waals surface area contributed by atoms with Crippen molar-refractivity contribution in [2.75, 3.05) is 29.9 Å². The van der Waals surface area contributed by atoms with Crippen molar-refractivity contribution in [2.24, 2.45) is 18.9 Å². The number of piperazine rings is 1.